The van der Waals surface area contributed by atoms with E-state index in [1.54, 1.807) is 0 Å². The number of aromatic nitrogens is 1. The largest absolute Gasteiger partial charge is 0.397 e. The third-order valence-corrected chi connectivity index (χ3v) is 4.07. The van der Waals surface area contributed by atoms with Crippen LogP contribution in [0.2, 0.25) is 5.02 Å². The summed E-state index contributed by atoms with van der Waals surface area (Å²) in [7, 11) is 0. The Balaban J connectivity index is 1.60. The molecule has 0 spiro atoms. The quantitative estimate of drug-likeness (QED) is 0.885. The van der Waals surface area contributed by atoms with E-state index in [9.17, 15) is 0 Å². The lowest BCUT2D eigenvalue weighted by atomic mass is 10.2. The van der Waals surface area contributed by atoms with Crippen molar-refractivity contribution in [3.63, 3.8) is 0 Å². The van der Waals surface area contributed by atoms with Gasteiger partial charge in [-0.15, -0.1) is 0 Å². The van der Waals surface area contributed by atoms with Gasteiger partial charge in [0.2, 0.25) is 0 Å². The lowest BCUT2D eigenvalue weighted by Gasteiger charge is -2.36. The van der Waals surface area contributed by atoms with Gasteiger partial charge in [-0.2, -0.15) is 0 Å². The summed E-state index contributed by atoms with van der Waals surface area (Å²) in [5.74, 6) is 0. The first kappa shape index (κ1) is 14.2. The van der Waals surface area contributed by atoms with Gasteiger partial charge in [0.1, 0.15) is 0 Å². The second kappa shape index (κ2) is 6.33. The van der Waals surface area contributed by atoms with E-state index in [0.29, 0.717) is 5.02 Å². The smallest absolute Gasteiger partial charge is 0.0601 e. The van der Waals surface area contributed by atoms with E-state index in [1.807, 2.05) is 36.7 Å². The molecule has 4 nitrogen and oxygen atoms in total. The third-order valence-electron chi connectivity index (χ3n) is 3.83. The molecule has 2 heterocycles. The molecule has 1 aromatic heterocycles. The molecule has 21 heavy (non-hydrogen) atoms. The first-order valence-corrected chi connectivity index (χ1v) is 7.51. The summed E-state index contributed by atoms with van der Waals surface area (Å²) < 4.78 is 0. The van der Waals surface area contributed by atoms with Gasteiger partial charge >= 0.3 is 0 Å². The number of anilines is 2. The fraction of sp³-hybridized carbons (Fsp3) is 0.312. The average molecular weight is 303 g/mol. The van der Waals surface area contributed by atoms with Gasteiger partial charge in [-0.25, -0.2) is 0 Å². The third kappa shape index (κ3) is 3.46. The van der Waals surface area contributed by atoms with Crippen molar-refractivity contribution in [1.29, 1.82) is 0 Å². The lowest BCUT2D eigenvalue weighted by molar-refractivity contribution is 0.249. The van der Waals surface area contributed by atoms with Crippen LogP contribution in [0.3, 0.4) is 0 Å². The highest BCUT2D eigenvalue weighted by Crippen LogP contribution is 2.27. The van der Waals surface area contributed by atoms with E-state index in [2.05, 4.69) is 20.9 Å². The standard InChI is InChI=1S/C16H19ClN4/c17-14-3-4-16(15(18)10-14)21-8-6-20(7-9-21)12-13-2-1-5-19-11-13/h1-5,10-11H,6-9,12,18H2. The maximum absolute atomic E-state index is 6.06. The van der Waals surface area contributed by atoms with Crippen molar-refractivity contribution in [2.75, 3.05) is 36.8 Å². The van der Waals surface area contributed by atoms with E-state index in [4.69, 9.17) is 17.3 Å². The van der Waals surface area contributed by atoms with Crippen molar-refractivity contribution in [2.45, 2.75) is 6.54 Å². The Kier molecular flexibility index (Phi) is 4.27. The Labute approximate surface area is 130 Å². The summed E-state index contributed by atoms with van der Waals surface area (Å²) >= 11 is 5.96. The molecule has 3 rings (SSSR count). The van der Waals surface area contributed by atoms with Crippen LogP contribution in [-0.4, -0.2) is 36.1 Å². The van der Waals surface area contributed by atoms with Crippen LogP contribution in [0.4, 0.5) is 11.4 Å². The number of nitrogens with two attached hydrogens (primary N) is 1. The minimum absolute atomic E-state index is 0.687. The molecule has 1 aromatic carbocycles. The van der Waals surface area contributed by atoms with Crippen molar-refractivity contribution in [3.8, 4) is 0 Å². The molecule has 1 aliphatic heterocycles. The molecule has 2 aromatic rings. The molecule has 0 bridgehead atoms. The van der Waals surface area contributed by atoms with Crippen LogP contribution < -0.4 is 10.6 Å². The molecule has 0 atom stereocenters. The Morgan fingerprint density at radius 1 is 1.14 bits per heavy atom. The Bertz CT molecular complexity index is 594. The van der Waals surface area contributed by atoms with Crippen LogP contribution >= 0.6 is 11.6 Å². The van der Waals surface area contributed by atoms with E-state index in [1.165, 1.54) is 5.56 Å². The zero-order valence-corrected chi connectivity index (χ0v) is 12.6. The van der Waals surface area contributed by atoms with Crippen molar-refractivity contribution in [3.05, 3.63) is 53.3 Å². The van der Waals surface area contributed by atoms with Gasteiger partial charge in [-0.3, -0.25) is 9.88 Å². The molecule has 0 amide bonds. The number of hydrogen-bond acceptors (Lipinski definition) is 4. The molecule has 0 aliphatic carbocycles. The van der Waals surface area contributed by atoms with Gasteiger partial charge in [-0.05, 0) is 29.8 Å². The van der Waals surface area contributed by atoms with Crippen LogP contribution in [0.15, 0.2) is 42.7 Å². The van der Waals surface area contributed by atoms with Gasteiger partial charge < -0.3 is 10.6 Å². The predicted octanol–water partition coefficient (Wildman–Crippen LogP) is 2.64. The number of piperazine rings is 1. The second-order valence-electron chi connectivity index (χ2n) is 5.33. The normalized spacial score (nSPS) is 16.1. The van der Waals surface area contributed by atoms with Crippen LogP contribution in [0.1, 0.15) is 5.56 Å². The SMILES string of the molecule is Nc1cc(Cl)ccc1N1CCN(Cc2cccnc2)CC1. The van der Waals surface area contributed by atoms with Gasteiger partial charge in [0, 0.05) is 50.1 Å². The van der Waals surface area contributed by atoms with Crippen molar-refractivity contribution >= 4 is 23.0 Å². The van der Waals surface area contributed by atoms with Crippen LogP contribution in [-0.2, 0) is 6.54 Å². The number of benzene rings is 1. The van der Waals surface area contributed by atoms with Gasteiger partial charge in [0.05, 0.1) is 11.4 Å². The summed E-state index contributed by atoms with van der Waals surface area (Å²) in [5, 5.41) is 0.687. The molecule has 1 fully saturated rings. The number of rotatable bonds is 3. The van der Waals surface area contributed by atoms with Crippen molar-refractivity contribution in [2.24, 2.45) is 0 Å². The highest BCUT2D eigenvalue weighted by atomic mass is 35.5. The summed E-state index contributed by atoms with van der Waals surface area (Å²) in [6.07, 6.45) is 3.74. The van der Waals surface area contributed by atoms with Gasteiger partial charge in [-0.1, -0.05) is 17.7 Å². The molecule has 0 radical (unpaired) electrons. The topological polar surface area (TPSA) is 45.4 Å². The summed E-state index contributed by atoms with van der Waals surface area (Å²) in [5.41, 5.74) is 9.16. The summed E-state index contributed by atoms with van der Waals surface area (Å²) in [4.78, 5) is 8.94. The highest BCUT2D eigenvalue weighted by Gasteiger charge is 2.18. The second-order valence-corrected chi connectivity index (χ2v) is 5.76. The minimum atomic E-state index is 0.687. The molecule has 0 saturated carbocycles. The average Bonchev–Trinajstić information content (AvgIpc) is 2.49. The first-order chi connectivity index (χ1) is 10.2. The number of nitrogen functional groups attached to an aromatic ring is 1. The molecular formula is C16H19ClN4. The van der Waals surface area contributed by atoms with Gasteiger partial charge in [0.25, 0.3) is 0 Å². The zero-order chi connectivity index (χ0) is 14.7. The van der Waals surface area contributed by atoms with Crippen LogP contribution in [0, 0.1) is 0 Å². The molecule has 2 N–H and O–H groups in total. The monoisotopic (exact) mass is 302 g/mol. The molecule has 5 heteroatoms. The van der Waals surface area contributed by atoms with E-state index in [-0.39, 0.29) is 0 Å². The van der Waals surface area contributed by atoms with Crippen LogP contribution in [0.5, 0.6) is 0 Å². The number of pyridine rings is 1. The van der Waals surface area contributed by atoms with Crippen molar-refractivity contribution in [1.82, 2.24) is 9.88 Å². The predicted molar refractivity (Wildman–Crippen MR) is 87.6 cm³/mol. The minimum Gasteiger partial charge on any atom is -0.397 e. The maximum atomic E-state index is 6.06. The fourth-order valence-corrected chi connectivity index (χ4v) is 2.89. The van der Waals surface area contributed by atoms with E-state index >= 15 is 0 Å². The lowest BCUT2D eigenvalue weighted by Crippen LogP contribution is -2.46. The fourth-order valence-electron chi connectivity index (χ4n) is 2.71. The number of nitrogens with zero attached hydrogens (tertiary/aromatic N) is 3. The first-order valence-electron chi connectivity index (χ1n) is 7.13. The Hall–Kier alpha value is -1.78. The number of hydrogen-bond donors (Lipinski definition) is 1. The van der Waals surface area contributed by atoms with Crippen LogP contribution in [0.25, 0.3) is 0 Å². The van der Waals surface area contributed by atoms with E-state index in [0.717, 1.165) is 44.1 Å². The van der Waals surface area contributed by atoms with E-state index < -0.39 is 0 Å². The molecule has 110 valence electrons. The molecule has 0 unspecified atom stereocenters. The van der Waals surface area contributed by atoms with Gasteiger partial charge in [0.15, 0.2) is 0 Å². The summed E-state index contributed by atoms with van der Waals surface area (Å²) in [6, 6.07) is 9.83. The molecule has 1 aliphatic rings. The van der Waals surface area contributed by atoms with Crippen molar-refractivity contribution < 1.29 is 0 Å². The number of halogens is 1. The highest BCUT2D eigenvalue weighted by molar-refractivity contribution is 6.31. The summed E-state index contributed by atoms with van der Waals surface area (Å²) in [6.45, 7) is 4.96. The Morgan fingerprint density at radius 3 is 2.62 bits per heavy atom. The molecule has 1 saturated heterocycles. The molecular weight excluding hydrogens is 284 g/mol. The maximum Gasteiger partial charge on any atom is 0.0601 e. The zero-order valence-electron chi connectivity index (χ0n) is 11.9. The Morgan fingerprint density at radius 2 is 1.95 bits per heavy atom.